The molecule has 0 spiro atoms. The molecule has 0 amide bonds. The Balaban J connectivity index is 3.58. The van der Waals surface area contributed by atoms with Crippen LogP contribution in [-0.4, -0.2) is 0 Å². The standard InChI is InChI=1S/C6H9F/c1-3-5-6(7)4-2/h3-5H,1-2H3/b5-3-,6-4-. The lowest BCUT2D eigenvalue weighted by Crippen LogP contribution is -1.57. The molecule has 0 atom stereocenters. The third-order valence-corrected chi connectivity index (χ3v) is 0.602. The molecule has 0 fully saturated rings. The quantitative estimate of drug-likeness (QED) is 0.444. The topological polar surface area (TPSA) is 0 Å². The van der Waals surface area contributed by atoms with Crippen molar-refractivity contribution in [3.8, 4) is 0 Å². The molecule has 0 aromatic rings. The summed E-state index contributed by atoms with van der Waals surface area (Å²) in [5, 5.41) is 0. The van der Waals surface area contributed by atoms with Crippen LogP contribution < -0.4 is 0 Å². The van der Waals surface area contributed by atoms with Gasteiger partial charge in [0.15, 0.2) is 0 Å². The van der Waals surface area contributed by atoms with Gasteiger partial charge >= 0.3 is 0 Å². The molecular weight excluding hydrogens is 91.1 g/mol. The van der Waals surface area contributed by atoms with Gasteiger partial charge in [-0.1, -0.05) is 12.2 Å². The fraction of sp³-hybridized carbons (Fsp3) is 0.333. The second kappa shape index (κ2) is 3.59. The molecule has 0 aliphatic heterocycles. The van der Waals surface area contributed by atoms with Crippen molar-refractivity contribution in [3.05, 3.63) is 24.1 Å². The van der Waals surface area contributed by atoms with E-state index in [2.05, 4.69) is 0 Å². The maximum Gasteiger partial charge on any atom is 0.118 e. The number of hydrogen-bond acceptors (Lipinski definition) is 0. The normalized spacial score (nSPS) is 13.3. The van der Waals surface area contributed by atoms with E-state index in [1.165, 1.54) is 12.2 Å². The molecule has 0 aliphatic rings. The molecule has 1 heteroatoms. The summed E-state index contributed by atoms with van der Waals surface area (Å²) in [4.78, 5) is 0. The lowest BCUT2D eigenvalue weighted by atomic mass is 10.4. The summed E-state index contributed by atoms with van der Waals surface area (Å²) in [5.41, 5.74) is 0. The van der Waals surface area contributed by atoms with Gasteiger partial charge in [0.1, 0.15) is 5.83 Å². The van der Waals surface area contributed by atoms with E-state index >= 15 is 0 Å². The average Bonchev–Trinajstić information content (AvgIpc) is 1.68. The Kier molecular flexibility index (Phi) is 3.29. The Morgan fingerprint density at radius 2 is 2.00 bits per heavy atom. The fourth-order valence-corrected chi connectivity index (χ4v) is 0.255. The Hall–Kier alpha value is -0.590. The minimum atomic E-state index is -0.178. The Morgan fingerprint density at radius 1 is 1.43 bits per heavy atom. The maximum atomic E-state index is 11.9. The van der Waals surface area contributed by atoms with Crippen LogP contribution in [-0.2, 0) is 0 Å². The predicted molar refractivity (Wildman–Crippen MR) is 29.7 cm³/mol. The third-order valence-electron chi connectivity index (χ3n) is 0.602. The van der Waals surface area contributed by atoms with Gasteiger partial charge in [0.2, 0.25) is 0 Å². The van der Waals surface area contributed by atoms with E-state index in [0.29, 0.717) is 0 Å². The second-order valence-corrected chi connectivity index (χ2v) is 1.17. The molecule has 0 rings (SSSR count). The SMILES string of the molecule is C/C=C\C(F)=C\C. The van der Waals surface area contributed by atoms with Crippen molar-refractivity contribution in [1.82, 2.24) is 0 Å². The zero-order valence-electron chi connectivity index (χ0n) is 4.61. The van der Waals surface area contributed by atoms with Crippen molar-refractivity contribution in [2.45, 2.75) is 13.8 Å². The zero-order chi connectivity index (χ0) is 5.70. The van der Waals surface area contributed by atoms with Gasteiger partial charge in [0.05, 0.1) is 0 Å². The van der Waals surface area contributed by atoms with E-state index in [4.69, 9.17) is 0 Å². The monoisotopic (exact) mass is 100 g/mol. The molecule has 0 saturated heterocycles. The van der Waals surface area contributed by atoms with Gasteiger partial charge in [0.25, 0.3) is 0 Å². The summed E-state index contributed by atoms with van der Waals surface area (Å²) >= 11 is 0. The van der Waals surface area contributed by atoms with Crippen LogP contribution in [0.15, 0.2) is 24.1 Å². The van der Waals surface area contributed by atoms with Gasteiger partial charge in [-0.2, -0.15) is 0 Å². The summed E-state index contributed by atoms with van der Waals surface area (Å²) in [5.74, 6) is -0.178. The van der Waals surface area contributed by atoms with E-state index in [0.717, 1.165) is 0 Å². The van der Waals surface area contributed by atoms with E-state index in [-0.39, 0.29) is 5.83 Å². The lowest BCUT2D eigenvalue weighted by Gasteiger charge is -1.76. The molecule has 7 heavy (non-hydrogen) atoms. The fourth-order valence-electron chi connectivity index (χ4n) is 0.255. The summed E-state index contributed by atoms with van der Waals surface area (Å²) in [6.07, 6.45) is 4.50. The molecule has 0 unspecified atom stereocenters. The van der Waals surface area contributed by atoms with Gasteiger partial charge in [-0.25, -0.2) is 4.39 Å². The van der Waals surface area contributed by atoms with Crippen LogP contribution >= 0.6 is 0 Å². The first-order valence-electron chi connectivity index (χ1n) is 2.25. The van der Waals surface area contributed by atoms with E-state index in [9.17, 15) is 4.39 Å². The first-order chi connectivity index (χ1) is 3.31. The van der Waals surface area contributed by atoms with Gasteiger partial charge in [0, 0.05) is 0 Å². The van der Waals surface area contributed by atoms with Crippen molar-refractivity contribution in [3.63, 3.8) is 0 Å². The van der Waals surface area contributed by atoms with Crippen molar-refractivity contribution in [1.29, 1.82) is 0 Å². The van der Waals surface area contributed by atoms with Crippen LogP contribution in [0, 0.1) is 0 Å². The third kappa shape index (κ3) is 3.23. The van der Waals surface area contributed by atoms with Crippen molar-refractivity contribution < 1.29 is 4.39 Å². The minimum Gasteiger partial charge on any atom is -0.207 e. The smallest absolute Gasteiger partial charge is 0.118 e. The first-order valence-corrected chi connectivity index (χ1v) is 2.25. The van der Waals surface area contributed by atoms with E-state index < -0.39 is 0 Å². The number of halogens is 1. The van der Waals surface area contributed by atoms with Crippen molar-refractivity contribution in [2.75, 3.05) is 0 Å². The lowest BCUT2D eigenvalue weighted by molar-refractivity contribution is 0.664. The highest BCUT2D eigenvalue weighted by Crippen LogP contribution is 1.95. The predicted octanol–water partition coefficient (Wildman–Crippen LogP) is 2.44. The van der Waals surface area contributed by atoms with E-state index in [1.807, 2.05) is 0 Å². The molecule has 0 aliphatic carbocycles. The first kappa shape index (κ1) is 6.41. The maximum absolute atomic E-state index is 11.9. The highest BCUT2D eigenvalue weighted by molar-refractivity contribution is 5.08. The largest absolute Gasteiger partial charge is 0.207 e. The zero-order valence-corrected chi connectivity index (χ0v) is 4.61. The average molecular weight is 100 g/mol. The number of allylic oxidation sites excluding steroid dienone is 4. The van der Waals surface area contributed by atoms with Crippen LogP contribution in [0.25, 0.3) is 0 Å². The summed E-state index contributed by atoms with van der Waals surface area (Å²) in [7, 11) is 0. The molecule has 0 heterocycles. The molecule has 0 nitrogen and oxygen atoms in total. The molecule has 40 valence electrons. The number of rotatable bonds is 1. The van der Waals surface area contributed by atoms with Crippen molar-refractivity contribution >= 4 is 0 Å². The molecule has 0 aromatic carbocycles. The van der Waals surface area contributed by atoms with Crippen molar-refractivity contribution in [2.24, 2.45) is 0 Å². The van der Waals surface area contributed by atoms with Crippen LogP contribution in [0.5, 0.6) is 0 Å². The van der Waals surface area contributed by atoms with Gasteiger partial charge in [-0.05, 0) is 19.9 Å². The van der Waals surface area contributed by atoms with Gasteiger partial charge in [-0.15, -0.1) is 0 Å². The molecule has 0 radical (unpaired) electrons. The van der Waals surface area contributed by atoms with Crippen LogP contribution in [0.3, 0.4) is 0 Å². The van der Waals surface area contributed by atoms with Gasteiger partial charge in [-0.3, -0.25) is 0 Å². The van der Waals surface area contributed by atoms with Crippen LogP contribution in [0.4, 0.5) is 4.39 Å². The molecule has 0 saturated carbocycles. The minimum absolute atomic E-state index is 0.178. The Morgan fingerprint density at radius 3 is 2.14 bits per heavy atom. The molecule has 0 N–H and O–H groups in total. The highest BCUT2D eigenvalue weighted by Gasteiger charge is 1.75. The highest BCUT2D eigenvalue weighted by atomic mass is 19.1. The Bertz CT molecular complexity index is 90.4. The summed E-state index contributed by atoms with van der Waals surface area (Å²) < 4.78 is 11.9. The summed E-state index contributed by atoms with van der Waals surface area (Å²) in [6.45, 7) is 3.44. The molecular formula is C6H9F. The Labute approximate surface area is 43.4 Å². The second-order valence-electron chi connectivity index (χ2n) is 1.17. The van der Waals surface area contributed by atoms with Crippen LogP contribution in [0.2, 0.25) is 0 Å². The van der Waals surface area contributed by atoms with E-state index in [1.54, 1.807) is 19.9 Å². The van der Waals surface area contributed by atoms with Crippen LogP contribution in [0.1, 0.15) is 13.8 Å². The summed E-state index contributed by atoms with van der Waals surface area (Å²) in [6, 6.07) is 0. The molecule has 0 aromatic heterocycles. The molecule has 0 bridgehead atoms. The number of hydrogen-bond donors (Lipinski definition) is 0. The van der Waals surface area contributed by atoms with Gasteiger partial charge < -0.3 is 0 Å².